The van der Waals surface area contributed by atoms with Gasteiger partial charge in [-0.15, -0.1) is 24.0 Å². The van der Waals surface area contributed by atoms with Gasteiger partial charge in [0.05, 0.1) is 17.1 Å². The van der Waals surface area contributed by atoms with Crippen molar-refractivity contribution in [1.29, 1.82) is 0 Å². The molecule has 8 heteroatoms. The van der Waals surface area contributed by atoms with Crippen LogP contribution in [0.1, 0.15) is 32.3 Å². The lowest BCUT2D eigenvalue weighted by Gasteiger charge is -2.39. The maximum Gasteiger partial charge on any atom is 0.193 e. The number of benzene rings is 1. The largest absolute Gasteiger partial charge is 0.493 e. The van der Waals surface area contributed by atoms with Gasteiger partial charge in [0, 0.05) is 32.2 Å². The van der Waals surface area contributed by atoms with Crippen molar-refractivity contribution in [2.75, 3.05) is 32.5 Å². The lowest BCUT2D eigenvalue weighted by molar-refractivity contribution is 0.296. The molecule has 1 aliphatic carbocycles. The molecule has 3 rings (SSSR count). The Bertz CT molecular complexity index is 776. The van der Waals surface area contributed by atoms with Crippen LogP contribution in [0.15, 0.2) is 29.3 Å². The van der Waals surface area contributed by atoms with E-state index in [0.717, 1.165) is 23.9 Å². The van der Waals surface area contributed by atoms with E-state index in [1.165, 1.54) is 12.8 Å². The second-order valence-corrected chi connectivity index (χ2v) is 10.5. The van der Waals surface area contributed by atoms with Gasteiger partial charge in [0.25, 0.3) is 0 Å². The first-order chi connectivity index (χ1) is 12.3. The number of para-hydroxylation sites is 1. The molecular weight excluding hydrogens is 477 g/mol. The fraction of sp³-hybridized carbons (Fsp3) is 0.632. The third-order valence-electron chi connectivity index (χ3n) is 5.14. The first-order valence-corrected chi connectivity index (χ1v) is 10.9. The van der Waals surface area contributed by atoms with Gasteiger partial charge in [0.1, 0.15) is 5.75 Å². The van der Waals surface area contributed by atoms with Gasteiger partial charge in [0.2, 0.25) is 0 Å². The minimum atomic E-state index is -3.06. The summed E-state index contributed by atoms with van der Waals surface area (Å²) in [5, 5.41) is 3.37. The predicted molar refractivity (Wildman–Crippen MR) is 120 cm³/mol. The average molecular weight is 507 g/mol. The number of hydrogen-bond acceptors (Lipinski definition) is 4. The molecule has 1 saturated carbocycles. The van der Waals surface area contributed by atoms with E-state index in [0.29, 0.717) is 25.6 Å². The Morgan fingerprint density at radius 3 is 2.67 bits per heavy atom. The molecule has 1 aromatic carbocycles. The van der Waals surface area contributed by atoms with Crippen molar-refractivity contribution in [2.24, 2.45) is 10.9 Å². The number of guanidine groups is 1. The second kappa shape index (κ2) is 8.98. The van der Waals surface area contributed by atoms with Crippen LogP contribution in [-0.4, -0.2) is 56.5 Å². The molecule has 27 heavy (non-hydrogen) atoms. The van der Waals surface area contributed by atoms with E-state index < -0.39 is 14.6 Å². The van der Waals surface area contributed by atoms with Gasteiger partial charge >= 0.3 is 0 Å². The Balaban J connectivity index is 0.00000261. The molecule has 2 aliphatic rings. The highest BCUT2D eigenvalue weighted by molar-refractivity contribution is 14.0. The Hall–Kier alpha value is -1.03. The number of nitrogens with zero attached hydrogens (tertiary/aromatic N) is 2. The Morgan fingerprint density at radius 2 is 2.04 bits per heavy atom. The summed E-state index contributed by atoms with van der Waals surface area (Å²) in [6, 6.07) is 8.03. The van der Waals surface area contributed by atoms with Crippen molar-refractivity contribution in [2.45, 2.75) is 38.0 Å². The first kappa shape index (κ1) is 22.3. The highest BCUT2D eigenvalue weighted by atomic mass is 127. The summed E-state index contributed by atoms with van der Waals surface area (Å²) in [6.07, 6.45) is 2.53. The number of nitrogens with one attached hydrogen (secondary N) is 1. The Labute approximate surface area is 179 Å². The Kier molecular flexibility index (Phi) is 7.40. The number of sulfone groups is 1. The van der Waals surface area contributed by atoms with Crippen LogP contribution in [0.4, 0.5) is 0 Å². The van der Waals surface area contributed by atoms with Crippen molar-refractivity contribution in [3.63, 3.8) is 0 Å². The third kappa shape index (κ3) is 5.49. The minimum absolute atomic E-state index is 0. The highest BCUT2D eigenvalue weighted by Crippen LogP contribution is 2.30. The molecule has 0 unspecified atom stereocenters. The van der Waals surface area contributed by atoms with Crippen LogP contribution in [0.5, 0.6) is 5.75 Å². The van der Waals surface area contributed by atoms with Gasteiger partial charge in [-0.25, -0.2) is 8.42 Å². The van der Waals surface area contributed by atoms with Crippen LogP contribution < -0.4 is 10.1 Å². The summed E-state index contributed by atoms with van der Waals surface area (Å²) >= 11 is 0. The van der Waals surface area contributed by atoms with Crippen LogP contribution in [0, 0.1) is 5.92 Å². The molecule has 6 nitrogen and oxygen atoms in total. The molecule has 1 aromatic rings. The van der Waals surface area contributed by atoms with Crippen molar-refractivity contribution in [3.8, 4) is 5.75 Å². The quantitative estimate of drug-likeness (QED) is 0.377. The molecule has 152 valence electrons. The van der Waals surface area contributed by atoms with E-state index in [9.17, 15) is 8.42 Å². The molecular formula is C19H30IN3O3S. The summed E-state index contributed by atoms with van der Waals surface area (Å²) in [5.41, 5.74) is 1.08. The minimum Gasteiger partial charge on any atom is -0.493 e. The molecule has 0 spiro atoms. The molecule has 1 saturated heterocycles. The van der Waals surface area contributed by atoms with Crippen LogP contribution in [-0.2, 0) is 16.4 Å². The molecule has 2 fully saturated rings. The van der Waals surface area contributed by atoms with Gasteiger partial charge in [0.15, 0.2) is 15.8 Å². The van der Waals surface area contributed by atoms with Crippen LogP contribution >= 0.6 is 24.0 Å². The van der Waals surface area contributed by atoms with Gasteiger partial charge in [-0.05, 0) is 38.7 Å². The molecule has 0 amide bonds. The third-order valence-corrected chi connectivity index (χ3v) is 7.67. The average Bonchev–Trinajstić information content (AvgIpc) is 3.42. The predicted octanol–water partition coefficient (Wildman–Crippen LogP) is 2.68. The fourth-order valence-electron chi connectivity index (χ4n) is 3.11. The van der Waals surface area contributed by atoms with Crippen molar-refractivity contribution < 1.29 is 13.2 Å². The standard InChI is InChI=1S/C19H29N3O3S.HI/c1-19(2)14-22(10-11-26(19,23)24)18(20-3)21-12-16-6-4-5-7-17(16)25-13-15-8-9-15;/h4-7,15H,8-14H2,1-3H3,(H,20,21);1H. The second-order valence-electron chi connectivity index (χ2n) is 7.76. The SMILES string of the molecule is CN=C(NCc1ccccc1OCC1CC1)N1CCS(=O)(=O)C(C)(C)C1.I. The smallest absolute Gasteiger partial charge is 0.193 e. The molecule has 0 radical (unpaired) electrons. The van der Waals surface area contributed by atoms with Crippen LogP contribution in [0.25, 0.3) is 0 Å². The zero-order chi connectivity index (χ0) is 18.8. The Morgan fingerprint density at radius 1 is 1.33 bits per heavy atom. The van der Waals surface area contributed by atoms with Crippen molar-refractivity contribution in [3.05, 3.63) is 29.8 Å². The summed E-state index contributed by atoms with van der Waals surface area (Å²) in [4.78, 5) is 6.37. The van der Waals surface area contributed by atoms with E-state index in [2.05, 4.69) is 10.3 Å². The van der Waals surface area contributed by atoms with E-state index in [1.54, 1.807) is 20.9 Å². The maximum absolute atomic E-state index is 12.2. The normalized spacial score (nSPS) is 21.3. The zero-order valence-electron chi connectivity index (χ0n) is 16.3. The molecule has 0 aromatic heterocycles. The van der Waals surface area contributed by atoms with E-state index in [-0.39, 0.29) is 29.7 Å². The maximum atomic E-state index is 12.2. The fourth-order valence-corrected chi connectivity index (χ4v) is 4.48. The molecule has 0 atom stereocenters. The number of halogens is 1. The lowest BCUT2D eigenvalue weighted by atomic mass is 10.2. The summed E-state index contributed by atoms with van der Waals surface area (Å²) < 4.78 is 29.6. The monoisotopic (exact) mass is 507 g/mol. The van der Waals surface area contributed by atoms with Gasteiger partial charge in [-0.3, -0.25) is 4.99 Å². The summed E-state index contributed by atoms with van der Waals surface area (Å²) in [5.74, 6) is 2.50. The summed E-state index contributed by atoms with van der Waals surface area (Å²) in [7, 11) is -1.33. The van der Waals surface area contributed by atoms with Gasteiger partial charge in [-0.2, -0.15) is 0 Å². The molecule has 0 bridgehead atoms. The first-order valence-electron chi connectivity index (χ1n) is 9.21. The summed E-state index contributed by atoms with van der Waals surface area (Å²) in [6.45, 7) is 5.84. The van der Waals surface area contributed by atoms with E-state index in [4.69, 9.17) is 4.74 Å². The number of rotatable bonds is 5. The molecule has 1 heterocycles. The lowest BCUT2D eigenvalue weighted by Crippen LogP contribution is -2.57. The van der Waals surface area contributed by atoms with Crippen molar-refractivity contribution in [1.82, 2.24) is 10.2 Å². The molecule has 1 N–H and O–H groups in total. The number of ether oxygens (including phenoxy) is 1. The zero-order valence-corrected chi connectivity index (χ0v) is 19.4. The number of hydrogen-bond donors (Lipinski definition) is 1. The van der Waals surface area contributed by atoms with Crippen molar-refractivity contribution >= 4 is 39.8 Å². The topological polar surface area (TPSA) is 71.0 Å². The van der Waals surface area contributed by atoms with Crippen LogP contribution in [0.3, 0.4) is 0 Å². The highest BCUT2D eigenvalue weighted by Gasteiger charge is 2.40. The van der Waals surface area contributed by atoms with Gasteiger partial charge in [-0.1, -0.05) is 18.2 Å². The molecule has 1 aliphatic heterocycles. The van der Waals surface area contributed by atoms with E-state index in [1.807, 2.05) is 29.2 Å². The number of aliphatic imine (C=N–C) groups is 1. The van der Waals surface area contributed by atoms with E-state index >= 15 is 0 Å². The van der Waals surface area contributed by atoms with Gasteiger partial charge < -0.3 is 15.0 Å². The van der Waals surface area contributed by atoms with Crippen LogP contribution in [0.2, 0.25) is 0 Å².